The molecule has 1 aliphatic carbocycles. The van der Waals surface area contributed by atoms with Crippen LogP contribution in [0.4, 0.5) is 0 Å². The number of carbonyl (C=O) groups excluding carboxylic acids is 2. The summed E-state index contributed by atoms with van der Waals surface area (Å²) in [5, 5.41) is 50.1. The van der Waals surface area contributed by atoms with Gasteiger partial charge < -0.3 is 44.6 Å². The minimum absolute atomic E-state index is 0.0583. The second kappa shape index (κ2) is 32.2. The maximum atomic E-state index is 12.8. The molecule has 15 heteroatoms. The maximum absolute atomic E-state index is 12.8. The Bertz CT molecular complexity index is 1350. The van der Waals surface area contributed by atoms with Crippen molar-refractivity contribution in [3.63, 3.8) is 0 Å². The van der Waals surface area contributed by atoms with E-state index in [2.05, 4.69) is 74.6 Å². The highest BCUT2D eigenvalue weighted by Crippen LogP contribution is 2.47. The molecule has 1 heterocycles. The predicted octanol–water partition coefficient (Wildman–Crippen LogP) is 7.15. The van der Waals surface area contributed by atoms with Crippen LogP contribution in [0.1, 0.15) is 142 Å². The zero-order chi connectivity index (χ0) is 44.0. The Morgan fingerprint density at radius 3 is 1.77 bits per heavy atom. The van der Waals surface area contributed by atoms with Crippen LogP contribution in [0.5, 0.6) is 0 Å². The van der Waals surface area contributed by atoms with Crippen LogP contribution in [0.2, 0.25) is 0 Å². The van der Waals surface area contributed by atoms with Gasteiger partial charge in [0.15, 0.2) is 6.10 Å². The molecule has 0 radical (unpaired) electrons. The topological polar surface area (TPSA) is 222 Å². The number of esters is 2. The largest absolute Gasteiger partial charge is 0.472 e. The molecule has 1 saturated heterocycles. The van der Waals surface area contributed by atoms with Crippen molar-refractivity contribution in [2.75, 3.05) is 13.2 Å². The number of hydrogen-bond donors (Lipinski definition) is 6. The molecular formula is C45H75O14P. The van der Waals surface area contributed by atoms with E-state index in [9.17, 15) is 44.6 Å². The highest BCUT2D eigenvalue weighted by atomic mass is 31.2. The average Bonchev–Trinajstić information content (AvgIpc) is 3.98. The summed E-state index contributed by atoms with van der Waals surface area (Å²) in [5.41, 5.74) is 0. The molecule has 0 amide bonds. The van der Waals surface area contributed by atoms with Gasteiger partial charge in [0.05, 0.1) is 18.8 Å². The maximum Gasteiger partial charge on any atom is 0.472 e. The van der Waals surface area contributed by atoms with E-state index < -0.39 is 75.7 Å². The van der Waals surface area contributed by atoms with Gasteiger partial charge in [-0.15, -0.1) is 0 Å². The number of ether oxygens (including phenoxy) is 3. The van der Waals surface area contributed by atoms with Gasteiger partial charge in [-0.2, -0.15) is 0 Å². The number of carbonyl (C=O) groups is 2. The predicted molar refractivity (Wildman–Crippen MR) is 230 cm³/mol. The zero-order valence-corrected chi connectivity index (χ0v) is 36.8. The fourth-order valence-corrected chi connectivity index (χ4v) is 7.50. The Kier molecular flexibility index (Phi) is 28.8. The third kappa shape index (κ3) is 24.2. The van der Waals surface area contributed by atoms with Crippen LogP contribution >= 0.6 is 7.82 Å². The first kappa shape index (κ1) is 53.6. The number of rotatable bonds is 34. The Morgan fingerprint density at radius 2 is 1.13 bits per heavy atom. The summed E-state index contributed by atoms with van der Waals surface area (Å²) in [6.45, 7) is 3.11. The van der Waals surface area contributed by atoms with E-state index in [1.165, 1.54) is 19.3 Å². The summed E-state index contributed by atoms with van der Waals surface area (Å²) < 4.78 is 39.2. The number of unbranched alkanes of at least 4 members (excludes halogenated alkanes) is 9. The number of aliphatic hydroxyl groups is 5. The zero-order valence-electron chi connectivity index (χ0n) is 35.9. The van der Waals surface area contributed by atoms with Gasteiger partial charge in [0, 0.05) is 12.8 Å². The number of phosphoric ester groups is 1. The van der Waals surface area contributed by atoms with Crippen molar-refractivity contribution < 1.29 is 67.8 Å². The van der Waals surface area contributed by atoms with E-state index in [0.717, 1.165) is 77.0 Å². The van der Waals surface area contributed by atoms with Gasteiger partial charge in [0.1, 0.15) is 43.2 Å². The van der Waals surface area contributed by atoms with Crippen LogP contribution in [0.15, 0.2) is 60.8 Å². The highest BCUT2D eigenvalue weighted by Gasteiger charge is 2.51. The lowest BCUT2D eigenvalue weighted by Gasteiger charge is -2.41. The Balaban J connectivity index is 1.76. The minimum Gasteiger partial charge on any atom is -0.462 e. The van der Waals surface area contributed by atoms with Gasteiger partial charge in [0.2, 0.25) is 0 Å². The van der Waals surface area contributed by atoms with Gasteiger partial charge >= 0.3 is 19.8 Å². The summed E-state index contributed by atoms with van der Waals surface area (Å²) in [6, 6.07) is 0. The van der Waals surface area contributed by atoms with E-state index in [4.69, 9.17) is 23.3 Å². The van der Waals surface area contributed by atoms with Crippen LogP contribution in [0, 0.1) is 0 Å². The summed E-state index contributed by atoms with van der Waals surface area (Å²) in [7, 11) is -5.14. The molecule has 6 N–H and O–H groups in total. The summed E-state index contributed by atoms with van der Waals surface area (Å²) in [4.78, 5) is 35.7. The van der Waals surface area contributed by atoms with E-state index in [0.29, 0.717) is 19.3 Å². The summed E-state index contributed by atoms with van der Waals surface area (Å²) in [5.74, 6) is -1.20. The molecule has 1 aliphatic heterocycles. The number of hydrogen-bond acceptors (Lipinski definition) is 13. The van der Waals surface area contributed by atoms with Gasteiger partial charge in [-0.05, 0) is 77.0 Å². The minimum atomic E-state index is -5.14. The van der Waals surface area contributed by atoms with E-state index in [1.807, 2.05) is 0 Å². The second-order valence-corrected chi connectivity index (χ2v) is 17.0. The number of phosphoric acid groups is 1. The lowest BCUT2D eigenvalue weighted by atomic mass is 9.85. The van der Waals surface area contributed by atoms with Gasteiger partial charge in [-0.1, -0.05) is 113 Å². The van der Waals surface area contributed by atoms with E-state index >= 15 is 0 Å². The molecule has 2 aliphatic rings. The second-order valence-electron chi connectivity index (χ2n) is 15.6. The molecule has 5 unspecified atom stereocenters. The lowest BCUT2D eigenvalue weighted by molar-refractivity contribution is -0.220. The molecule has 10 atom stereocenters. The summed E-state index contributed by atoms with van der Waals surface area (Å²) >= 11 is 0. The molecular weight excluding hydrogens is 795 g/mol. The molecule has 344 valence electrons. The van der Waals surface area contributed by atoms with Crippen molar-refractivity contribution in [1.82, 2.24) is 0 Å². The first-order valence-electron chi connectivity index (χ1n) is 22.2. The third-order valence-corrected chi connectivity index (χ3v) is 11.2. The van der Waals surface area contributed by atoms with Crippen LogP contribution < -0.4 is 0 Å². The lowest BCUT2D eigenvalue weighted by Crippen LogP contribution is -2.64. The van der Waals surface area contributed by atoms with Crippen molar-refractivity contribution in [2.24, 2.45) is 0 Å². The molecule has 0 aromatic heterocycles. The molecule has 2 rings (SSSR count). The Labute approximate surface area is 358 Å². The standard InChI is InChI=1S/C45H75O14P/c1-3-5-7-9-11-13-15-17-19-21-23-25-27-31-39(47)57-35(34-56-60(53,54)59-45-43(51)41(49)40(48)42(50)44(45)52)33-55-38(46)32-28-30-37-36(58-37)29-26-24-22-20-18-16-14-12-10-8-6-4-2/h7,9,12-15,18,20,24,26,35-37,40-45,48-52H,3-6,8,10-11,16-17,19,21-23,25,27-34H2,1-2H3,(H,53,54)/b9-7-,14-12-,15-13-,20-18-,26-24-/t35-,36?,37?,40?,41-,42+,43-,44-,45?/m1/s1. The number of allylic oxidation sites excluding steroid dienone is 9. The van der Waals surface area contributed by atoms with Crippen LogP contribution in [-0.2, 0) is 37.4 Å². The molecule has 0 aromatic carbocycles. The Hall–Kier alpha value is -2.49. The quantitative estimate of drug-likeness (QED) is 0.0124. The molecule has 1 saturated carbocycles. The van der Waals surface area contributed by atoms with Crippen molar-refractivity contribution in [3.05, 3.63) is 60.8 Å². The molecule has 0 spiro atoms. The third-order valence-electron chi connectivity index (χ3n) is 10.2. The molecule has 0 aromatic rings. The van der Waals surface area contributed by atoms with Gasteiger partial charge in [0.25, 0.3) is 0 Å². The van der Waals surface area contributed by atoms with Crippen molar-refractivity contribution >= 4 is 19.8 Å². The Morgan fingerprint density at radius 1 is 0.600 bits per heavy atom. The van der Waals surface area contributed by atoms with Gasteiger partial charge in [-0.3, -0.25) is 18.6 Å². The fraction of sp³-hybridized carbons (Fsp3) is 0.733. The van der Waals surface area contributed by atoms with E-state index in [1.54, 1.807) is 0 Å². The molecule has 14 nitrogen and oxygen atoms in total. The number of aliphatic hydroxyl groups excluding tert-OH is 5. The van der Waals surface area contributed by atoms with Crippen LogP contribution in [-0.4, -0.2) is 111 Å². The molecule has 2 fully saturated rings. The van der Waals surface area contributed by atoms with Crippen LogP contribution in [0.3, 0.4) is 0 Å². The fourth-order valence-electron chi connectivity index (χ4n) is 6.53. The monoisotopic (exact) mass is 870 g/mol. The first-order chi connectivity index (χ1) is 28.9. The smallest absolute Gasteiger partial charge is 0.462 e. The van der Waals surface area contributed by atoms with Crippen molar-refractivity contribution in [3.8, 4) is 0 Å². The van der Waals surface area contributed by atoms with Gasteiger partial charge in [-0.25, -0.2) is 4.57 Å². The normalized spacial score (nSPS) is 26.1. The van der Waals surface area contributed by atoms with Crippen molar-refractivity contribution in [2.45, 2.75) is 197 Å². The SMILES string of the molecule is CCC/C=C\C/C=C\CCCCCCCC(=O)O[C@H](COC(=O)CCCC1OC1C/C=C\C/C=C\C/C=C\CCCCC)COP(=O)(O)OC1[C@H](O)[C@H](O)C(O)[C@H](O)[C@H]1O. The molecule has 60 heavy (non-hydrogen) atoms. The molecule has 0 bridgehead atoms. The first-order valence-corrected chi connectivity index (χ1v) is 23.7. The van der Waals surface area contributed by atoms with Crippen molar-refractivity contribution in [1.29, 1.82) is 0 Å². The highest BCUT2D eigenvalue weighted by molar-refractivity contribution is 7.47. The van der Waals surface area contributed by atoms with E-state index in [-0.39, 0.29) is 25.0 Å². The van der Waals surface area contributed by atoms with Crippen LogP contribution in [0.25, 0.3) is 0 Å². The summed E-state index contributed by atoms with van der Waals surface area (Å²) in [6.07, 6.45) is 25.8. The number of epoxide rings is 1. The average molecular weight is 871 g/mol.